The fraction of sp³-hybridized carbons (Fsp3) is 0.500. The number of methoxy groups -OCH3 is 1. The second kappa shape index (κ2) is 8.08. The largest absolute Gasteiger partial charge is 0.497 e. The maximum absolute atomic E-state index is 12.3. The van der Waals surface area contributed by atoms with E-state index < -0.39 is 6.04 Å². The molecule has 1 saturated carbocycles. The molecule has 22 heavy (non-hydrogen) atoms. The molecule has 1 aliphatic carbocycles. The van der Waals surface area contributed by atoms with E-state index in [0.717, 1.165) is 18.6 Å². The van der Waals surface area contributed by atoms with Crippen molar-refractivity contribution in [3.05, 3.63) is 29.8 Å². The molecular weight excluding hydrogens is 300 g/mol. The van der Waals surface area contributed by atoms with E-state index in [-0.39, 0.29) is 11.8 Å². The third kappa shape index (κ3) is 4.94. The molecule has 2 amide bonds. The number of benzene rings is 1. The molecule has 0 aliphatic heterocycles. The highest BCUT2D eigenvalue weighted by Crippen LogP contribution is 2.19. The van der Waals surface area contributed by atoms with Gasteiger partial charge in [0.25, 0.3) is 5.91 Å². The number of carbonyl (C=O) groups excluding carboxylic acids is 2. The van der Waals surface area contributed by atoms with Crippen LogP contribution in [0.25, 0.3) is 0 Å². The van der Waals surface area contributed by atoms with Crippen LogP contribution >= 0.6 is 11.8 Å². The number of nitrogens with one attached hydrogen (secondary N) is 2. The lowest BCUT2D eigenvalue weighted by Gasteiger charge is -2.18. The minimum Gasteiger partial charge on any atom is -0.497 e. The molecule has 5 nitrogen and oxygen atoms in total. The summed E-state index contributed by atoms with van der Waals surface area (Å²) in [6.07, 6.45) is 4.68. The zero-order chi connectivity index (χ0) is 15.9. The van der Waals surface area contributed by atoms with Crippen molar-refractivity contribution in [3.63, 3.8) is 0 Å². The van der Waals surface area contributed by atoms with Crippen LogP contribution in [0.15, 0.2) is 24.3 Å². The monoisotopic (exact) mass is 322 g/mol. The van der Waals surface area contributed by atoms with Crippen molar-refractivity contribution >= 4 is 23.6 Å². The van der Waals surface area contributed by atoms with Crippen molar-refractivity contribution in [3.8, 4) is 5.75 Å². The number of hydrogen-bond acceptors (Lipinski definition) is 4. The van der Waals surface area contributed by atoms with Gasteiger partial charge in [0.1, 0.15) is 11.8 Å². The Morgan fingerprint density at radius 3 is 2.55 bits per heavy atom. The van der Waals surface area contributed by atoms with Crippen molar-refractivity contribution in [1.82, 2.24) is 10.6 Å². The van der Waals surface area contributed by atoms with Gasteiger partial charge in [0.15, 0.2) is 0 Å². The highest BCUT2D eigenvalue weighted by molar-refractivity contribution is 7.98. The smallest absolute Gasteiger partial charge is 0.251 e. The van der Waals surface area contributed by atoms with Gasteiger partial charge in [-0.3, -0.25) is 9.59 Å². The van der Waals surface area contributed by atoms with Gasteiger partial charge in [0.05, 0.1) is 7.11 Å². The highest BCUT2D eigenvalue weighted by atomic mass is 32.2. The fourth-order valence-corrected chi connectivity index (χ4v) is 2.49. The number of rotatable bonds is 8. The van der Waals surface area contributed by atoms with Gasteiger partial charge in [-0.05, 0) is 55.5 Å². The van der Waals surface area contributed by atoms with Crippen LogP contribution in [0.1, 0.15) is 29.6 Å². The van der Waals surface area contributed by atoms with Crippen LogP contribution in [0, 0.1) is 0 Å². The molecule has 0 bridgehead atoms. The van der Waals surface area contributed by atoms with Gasteiger partial charge in [-0.1, -0.05) is 0 Å². The summed E-state index contributed by atoms with van der Waals surface area (Å²) >= 11 is 1.66. The van der Waals surface area contributed by atoms with Crippen LogP contribution in [0.4, 0.5) is 0 Å². The van der Waals surface area contributed by atoms with E-state index in [1.807, 2.05) is 6.26 Å². The molecule has 1 aromatic carbocycles. The SMILES string of the molecule is COc1ccc(C(=O)NC(CCSC)C(=O)NC2CC2)cc1. The minimum absolute atomic E-state index is 0.0848. The van der Waals surface area contributed by atoms with Crippen molar-refractivity contribution in [2.24, 2.45) is 0 Å². The first-order valence-electron chi connectivity index (χ1n) is 7.38. The molecule has 2 rings (SSSR count). The average molecular weight is 322 g/mol. The summed E-state index contributed by atoms with van der Waals surface area (Å²) in [5, 5.41) is 5.79. The van der Waals surface area contributed by atoms with Crippen molar-refractivity contribution in [2.45, 2.75) is 31.3 Å². The van der Waals surface area contributed by atoms with Gasteiger partial charge in [-0.15, -0.1) is 0 Å². The number of carbonyl (C=O) groups is 2. The lowest BCUT2D eigenvalue weighted by molar-refractivity contribution is -0.123. The van der Waals surface area contributed by atoms with Crippen LogP contribution in [0.2, 0.25) is 0 Å². The molecule has 1 fully saturated rings. The molecule has 120 valence electrons. The van der Waals surface area contributed by atoms with Crippen molar-refractivity contribution < 1.29 is 14.3 Å². The van der Waals surface area contributed by atoms with E-state index in [9.17, 15) is 9.59 Å². The Hall–Kier alpha value is -1.69. The normalized spacial score (nSPS) is 15.0. The molecule has 6 heteroatoms. The molecule has 1 aliphatic rings. The zero-order valence-corrected chi connectivity index (χ0v) is 13.7. The molecule has 0 aromatic heterocycles. The van der Waals surface area contributed by atoms with Gasteiger partial charge in [-0.2, -0.15) is 11.8 Å². The number of ether oxygens (including phenoxy) is 1. The Morgan fingerprint density at radius 2 is 2.00 bits per heavy atom. The molecular formula is C16H22N2O3S. The first kappa shape index (κ1) is 16.7. The first-order valence-corrected chi connectivity index (χ1v) is 8.77. The molecule has 0 radical (unpaired) electrons. The van der Waals surface area contributed by atoms with Crippen LogP contribution in [0.3, 0.4) is 0 Å². The van der Waals surface area contributed by atoms with E-state index in [1.165, 1.54) is 0 Å². The topological polar surface area (TPSA) is 67.4 Å². The second-order valence-corrected chi connectivity index (χ2v) is 6.30. The van der Waals surface area contributed by atoms with Crippen molar-refractivity contribution in [2.75, 3.05) is 19.1 Å². The molecule has 1 aromatic rings. The second-order valence-electron chi connectivity index (χ2n) is 5.32. The number of hydrogen-bond donors (Lipinski definition) is 2. The van der Waals surface area contributed by atoms with E-state index in [0.29, 0.717) is 23.8 Å². The van der Waals surface area contributed by atoms with E-state index >= 15 is 0 Å². The Balaban J connectivity index is 1.97. The van der Waals surface area contributed by atoms with Crippen LogP contribution in [0.5, 0.6) is 5.75 Å². The third-order valence-electron chi connectivity index (χ3n) is 3.51. The predicted molar refractivity (Wildman–Crippen MR) is 88.4 cm³/mol. The summed E-state index contributed by atoms with van der Waals surface area (Å²) < 4.78 is 5.07. The molecule has 1 atom stereocenters. The van der Waals surface area contributed by atoms with E-state index in [1.54, 1.807) is 43.1 Å². The summed E-state index contributed by atoms with van der Waals surface area (Å²) in [4.78, 5) is 24.5. The maximum Gasteiger partial charge on any atom is 0.251 e. The van der Waals surface area contributed by atoms with Crippen LogP contribution < -0.4 is 15.4 Å². The van der Waals surface area contributed by atoms with Gasteiger partial charge in [0.2, 0.25) is 5.91 Å². The summed E-state index contributed by atoms with van der Waals surface area (Å²) in [7, 11) is 1.58. The Labute approximate surface area is 135 Å². The average Bonchev–Trinajstić information content (AvgIpc) is 3.35. The van der Waals surface area contributed by atoms with Gasteiger partial charge in [-0.25, -0.2) is 0 Å². The van der Waals surface area contributed by atoms with Gasteiger partial charge in [0, 0.05) is 11.6 Å². The molecule has 0 spiro atoms. The number of amides is 2. The van der Waals surface area contributed by atoms with Crippen LogP contribution in [-0.2, 0) is 4.79 Å². The number of thioether (sulfide) groups is 1. The van der Waals surface area contributed by atoms with E-state index in [2.05, 4.69) is 10.6 Å². The quantitative estimate of drug-likeness (QED) is 0.766. The summed E-state index contributed by atoms with van der Waals surface area (Å²) in [5.41, 5.74) is 0.522. The molecule has 0 saturated heterocycles. The van der Waals surface area contributed by atoms with Crippen LogP contribution in [-0.4, -0.2) is 43.0 Å². The third-order valence-corrected chi connectivity index (χ3v) is 4.15. The maximum atomic E-state index is 12.3. The Kier molecular flexibility index (Phi) is 6.12. The highest BCUT2D eigenvalue weighted by Gasteiger charge is 2.28. The van der Waals surface area contributed by atoms with E-state index in [4.69, 9.17) is 4.74 Å². The predicted octanol–water partition coefficient (Wildman–Crippen LogP) is 1.83. The Bertz CT molecular complexity index is 515. The fourth-order valence-electron chi connectivity index (χ4n) is 2.02. The van der Waals surface area contributed by atoms with Gasteiger partial charge < -0.3 is 15.4 Å². The standard InChI is InChI=1S/C16H22N2O3S/c1-21-13-7-3-11(4-8-13)15(19)18-14(9-10-22-2)16(20)17-12-5-6-12/h3-4,7-8,12,14H,5-6,9-10H2,1-2H3,(H,17,20)(H,18,19). The summed E-state index contributed by atoms with van der Waals surface area (Å²) in [6.45, 7) is 0. The first-order chi connectivity index (χ1) is 10.6. The van der Waals surface area contributed by atoms with Crippen molar-refractivity contribution in [1.29, 1.82) is 0 Å². The zero-order valence-electron chi connectivity index (χ0n) is 12.9. The minimum atomic E-state index is -0.484. The molecule has 1 unspecified atom stereocenters. The Morgan fingerprint density at radius 1 is 1.32 bits per heavy atom. The summed E-state index contributed by atoms with van der Waals surface area (Å²) in [5.74, 6) is 1.20. The molecule has 2 N–H and O–H groups in total. The molecule has 0 heterocycles. The summed E-state index contributed by atoms with van der Waals surface area (Å²) in [6, 6.07) is 6.66. The van der Waals surface area contributed by atoms with Gasteiger partial charge >= 0.3 is 0 Å². The lowest BCUT2D eigenvalue weighted by atomic mass is 10.1. The lowest BCUT2D eigenvalue weighted by Crippen LogP contribution is -2.47.